The monoisotopic (exact) mass is 275 g/mol. The summed E-state index contributed by atoms with van der Waals surface area (Å²) >= 11 is 0. The van der Waals surface area contributed by atoms with E-state index in [2.05, 4.69) is 48.4 Å². The predicted octanol–water partition coefficient (Wildman–Crippen LogP) is 1.87. The smallest absolute Gasteiger partial charge is 0.238 e. The fourth-order valence-electron chi connectivity index (χ4n) is 2.53. The number of aryl methyl sites for hydroxylation is 1. The number of carbonyl (C=O) groups excluding carboxylic acids is 1. The molecule has 0 radical (unpaired) electrons. The first kappa shape index (κ1) is 15.0. The van der Waals surface area contributed by atoms with Gasteiger partial charge in [-0.25, -0.2) is 0 Å². The van der Waals surface area contributed by atoms with E-state index in [9.17, 15) is 4.79 Å². The average Bonchev–Trinajstić information content (AvgIpc) is 2.43. The van der Waals surface area contributed by atoms with E-state index in [1.807, 2.05) is 12.1 Å². The van der Waals surface area contributed by atoms with Crippen LogP contribution < -0.4 is 10.6 Å². The van der Waals surface area contributed by atoms with Crippen molar-refractivity contribution >= 4 is 11.6 Å². The molecule has 110 valence electrons. The quantitative estimate of drug-likeness (QED) is 0.881. The highest BCUT2D eigenvalue weighted by molar-refractivity contribution is 5.92. The Bertz CT molecular complexity index is 444. The summed E-state index contributed by atoms with van der Waals surface area (Å²) in [7, 11) is 0. The lowest BCUT2D eigenvalue weighted by molar-refractivity contribution is -0.118. The van der Waals surface area contributed by atoms with Gasteiger partial charge in [-0.15, -0.1) is 0 Å². The summed E-state index contributed by atoms with van der Waals surface area (Å²) in [5.74, 6) is 0.0650. The van der Waals surface area contributed by atoms with Crippen molar-refractivity contribution in [2.45, 2.75) is 39.3 Å². The van der Waals surface area contributed by atoms with Crippen molar-refractivity contribution in [3.05, 3.63) is 29.8 Å². The number of amides is 1. The largest absolute Gasteiger partial charge is 0.325 e. The van der Waals surface area contributed by atoms with Crippen molar-refractivity contribution in [2.24, 2.45) is 0 Å². The van der Waals surface area contributed by atoms with Gasteiger partial charge in [-0.05, 0) is 38.0 Å². The molecule has 20 heavy (non-hydrogen) atoms. The highest BCUT2D eigenvalue weighted by atomic mass is 16.2. The molecule has 1 heterocycles. The van der Waals surface area contributed by atoms with Gasteiger partial charge in [0.1, 0.15) is 0 Å². The fourth-order valence-corrected chi connectivity index (χ4v) is 2.53. The van der Waals surface area contributed by atoms with Gasteiger partial charge in [-0.1, -0.05) is 19.1 Å². The summed E-state index contributed by atoms with van der Waals surface area (Å²) in [4.78, 5) is 14.3. The number of nitrogens with one attached hydrogen (secondary N) is 2. The Morgan fingerprint density at radius 2 is 2.05 bits per heavy atom. The van der Waals surface area contributed by atoms with Crippen LogP contribution in [-0.4, -0.2) is 42.5 Å². The Balaban J connectivity index is 1.87. The van der Waals surface area contributed by atoms with Crippen LogP contribution in [0.25, 0.3) is 0 Å². The second-order valence-corrected chi connectivity index (χ2v) is 5.69. The molecule has 1 aromatic rings. The summed E-state index contributed by atoms with van der Waals surface area (Å²) in [6, 6.07) is 8.92. The lowest BCUT2D eigenvalue weighted by atomic mass is 10.1. The third kappa shape index (κ3) is 4.05. The van der Waals surface area contributed by atoms with E-state index < -0.39 is 0 Å². The molecule has 0 aromatic heterocycles. The van der Waals surface area contributed by atoms with E-state index in [0.717, 1.165) is 25.2 Å². The van der Waals surface area contributed by atoms with Crippen molar-refractivity contribution in [2.75, 3.05) is 25.0 Å². The third-order valence-corrected chi connectivity index (χ3v) is 3.89. The van der Waals surface area contributed by atoms with Gasteiger partial charge in [0.15, 0.2) is 0 Å². The molecule has 2 unspecified atom stereocenters. The van der Waals surface area contributed by atoms with Gasteiger partial charge < -0.3 is 10.6 Å². The van der Waals surface area contributed by atoms with Crippen LogP contribution in [0.2, 0.25) is 0 Å². The molecule has 1 fully saturated rings. The van der Waals surface area contributed by atoms with Crippen LogP contribution in [0.5, 0.6) is 0 Å². The van der Waals surface area contributed by atoms with E-state index in [-0.39, 0.29) is 5.91 Å². The van der Waals surface area contributed by atoms with Gasteiger partial charge in [0, 0.05) is 30.9 Å². The second-order valence-electron chi connectivity index (χ2n) is 5.69. The summed E-state index contributed by atoms with van der Waals surface area (Å²) in [5.41, 5.74) is 2.16. The molecule has 2 rings (SSSR count). The minimum absolute atomic E-state index is 0.0650. The average molecular weight is 275 g/mol. The molecule has 4 nitrogen and oxygen atoms in total. The number of benzene rings is 1. The Hall–Kier alpha value is -1.39. The normalized spacial score (nSPS) is 23.6. The van der Waals surface area contributed by atoms with Gasteiger partial charge in [0.25, 0.3) is 0 Å². The van der Waals surface area contributed by atoms with Crippen LogP contribution in [-0.2, 0) is 11.2 Å². The molecule has 1 saturated heterocycles. The summed E-state index contributed by atoms with van der Waals surface area (Å²) in [5, 5.41) is 6.40. The third-order valence-electron chi connectivity index (χ3n) is 3.89. The molecule has 0 bridgehead atoms. The molecule has 1 amide bonds. The van der Waals surface area contributed by atoms with Gasteiger partial charge in [0.2, 0.25) is 5.91 Å². The topological polar surface area (TPSA) is 44.4 Å². The number of carbonyl (C=O) groups is 1. The van der Waals surface area contributed by atoms with Crippen LogP contribution >= 0.6 is 0 Å². The van der Waals surface area contributed by atoms with Crippen LogP contribution in [0, 0.1) is 0 Å². The minimum Gasteiger partial charge on any atom is -0.325 e. The maximum atomic E-state index is 12.1. The zero-order chi connectivity index (χ0) is 14.5. The highest BCUT2D eigenvalue weighted by Crippen LogP contribution is 2.11. The van der Waals surface area contributed by atoms with Crippen molar-refractivity contribution in [1.29, 1.82) is 0 Å². The standard InChI is InChI=1S/C16H25N3O/c1-4-14-5-7-15(8-6-14)18-16(20)11-19-10-12(2)17-9-13(19)3/h5-8,12-13,17H,4,9-11H2,1-3H3,(H,18,20). The van der Waals surface area contributed by atoms with Crippen LogP contribution in [0.15, 0.2) is 24.3 Å². The Kier molecular flexibility index (Phi) is 5.15. The number of rotatable bonds is 4. The first-order chi connectivity index (χ1) is 9.58. The molecule has 4 heteroatoms. The molecular formula is C16H25N3O. The Labute approximate surface area is 121 Å². The zero-order valence-electron chi connectivity index (χ0n) is 12.6. The van der Waals surface area contributed by atoms with E-state index >= 15 is 0 Å². The molecule has 0 saturated carbocycles. The first-order valence-corrected chi connectivity index (χ1v) is 7.44. The Morgan fingerprint density at radius 3 is 2.70 bits per heavy atom. The second kappa shape index (κ2) is 6.86. The molecule has 1 aromatic carbocycles. The fraction of sp³-hybridized carbons (Fsp3) is 0.562. The molecule has 1 aliphatic heterocycles. The van der Waals surface area contributed by atoms with Crippen molar-refractivity contribution in [1.82, 2.24) is 10.2 Å². The van der Waals surface area contributed by atoms with Crippen LogP contribution in [0.4, 0.5) is 5.69 Å². The van der Waals surface area contributed by atoms with Crippen molar-refractivity contribution < 1.29 is 4.79 Å². The number of anilines is 1. The van der Waals surface area contributed by atoms with E-state index in [0.29, 0.717) is 18.6 Å². The van der Waals surface area contributed by atoms with Gasteiger partial charge in [-0.2, -0.15) is 0 Å². The number of hydrogen-bond acceptors (Lipinski definition) is 3. The lowest BCUT2D eigenvalue weighted by Gasteiger charge is -2.36. The van der Waals surface area contributed by atoms with Gasteiger partial charge >= 0.3 is 0 Å². The van der Waals surface area contributed by atoms with E-state index in [4.69, 9.17) is 0 Å². The number of nitrogens with zero attached hydrogens (tertiary/aromatic N) is 1. The minimum atomic E-state index is 0.0650. The summed E-state index contributed by atoms with van der Waals surface area (Å²) < 4.78 is 0. The lowest BCUT2D eigenvalue weighted by Crippen LogP contribution is -2.55. The highest BCUT2D eigenvalue weighted by Gasteiger charge is 2.23. The Morgan fingerprint density at radius 1 is 1.35 bits per heavy atom. The number of hydrogen-bond donors (Lipinski definition) is 2. The SMILES string of the molecule is CCc1ccc(NC(=O)CN2CC(C)NCC2C)cc1. The molecule has 2 N–H and O–H groups in total. The van der Waals surface area contributed by atoms with Crippen LogP contribution in [0.3, 0.4) is 0 Å². The molecule has 0 aliphatic carbocycles. The molecule has 2 atom stereocenters. The van der Waals surface area contributed by atoms with Crippen molar-refractivity contribution in [3.8, 4) is 0 Å². The maximum absolute atomic E-state index is 12.1. The van der Waals surface area contributed by atoms with E-state index in [1.54, 1.807) is 0 Å². The molecular weight excluding hydrogens is 250 g/mol. The first-order valence-electron chi connectivity index (χ1n) is 7.44. The molecule has 0 spiro atoms. The van der Waals surface area contributed by atoms with Crippen molar-refractivity contribution in [3.63, 3.8) is 0 Å². The van der Waals surface area contributed by atoms with Crippen LogP contribution in [0.1, 0.15) is 26.3 Å². The zero-order valence-corrected chi connectivity index (χ0v) is 12.6. The summed E-state index contributed by atoms with van der Waals surface area (Å²) in [6.45, 7) is 8.76. The summed E-state index contributed by atoms with van der Waals surface area (Å²) in [6.07, 6.45) is 1.02. The van der Waals surface area contributed by atoms with Gasteiger partial charge in [0.05, 0.1) is 6.54 Å². The van der Waals surface area contributed by atoms with E-state index in [1.165, 1.54) is 5.56 Å². The predicted molar refractivity (Wildman–Crippen MR) is 82.9 cm³/mol. The number of piperazine rings is 1. The maximum Gasteiger partial charge on any atom is 0.238 e. The van der Waals surface area contributed by atoms with Gasteiger partial charge in [-0.3, -0.25) is 9.69 Å². The molecule has 1 aliphatic rings.